The standard InChI is InChI=1S/C.2BHO2/c;2*2-1-3/h;2*1H/q+4;2*-2. The summed E-state index contributed by atoms with van der Waals surface area (Å²) in [7, 11) is -2.50. The van der Waals surface area contributed by atoms with Gasteiger partial charge in [-0.2, -0.15) is 0 Å². The van der Waals surface area contributed by atoms with E-state index in [9.17, 15) is 0 Å². The van der Waals surface area contributed by atoms with Crippen LogP contribution < -0.4 is 20.1 Å². The zero-order valence-electron chi connectivity index (χ0n) is 3.55. The molecule has 0 rings (SSSR count). The smallest absolute Gasteiger partial charge is 0.896 e. The van der Waals surface area contributed by atoms with Crippen molar-refractivity contribution in [2.24, 2.45) is 0 Å². The van der Waals surface area contributed by atoms with E-state index in [1.807, 2.05) is 0 Å². The molecule has 0 spiro atoms. The van der Waals surface area contributed by atoms with Gasteiger partial charge in [0.2, 0.25) is 0 Å². The Hall–Kier alpha value is -0.0301. The predicted octanol–water partition coefficient (Wildman–Crippen LogP) is -5.97. The SMILES string of the molecule is [C+4].[O-]B[O-].[O-]B[O-]. The normalized spacial score (nSPS) is 4.00. The summed E-state index contributed by atoms with van der Waals surface area (Å²) in [4.78, 5) is 0. The van der Waals surface area contributed by atoms with E-state index in [0.717, 1.165) is 0 Å². The molecule has 0 atom stereocenters. The molecule has 0 fully saturated rings. The summed E-state index contributed by atoms with van der Waals surface area (Å²) in [6, 6.07) is 0. The Kier molecular flexibility index (Phi) is 85.6. The van der Waals surface area contributed by atoms with Crippen molar-refractivity contribution in [1.82, 2.24) is 0 Å². The second-order valence-corrected chi connectivity index (χ2v) is 0.236. The quantitative estimate of drug-likeness (QED) is 0.283. The van der Waals surface area contributed by atoms with Gasteiger partial charge in [-0.05, 0) is 0 Å². The Labute approximate surface area is 44.0 Å². The maximum Gasteiger partial charge on any atom is 4.00 e. The molecule has 0 aromatic rings. The van der Waals surface area contributed by atoms with Gasteiger partial charge < -0.3 is 20.1 Å². The summed E-state index contributed by atoms with van der Waals surface area (Å²) >= 11 is 0. The molecule has 0 saturated heterocycles. The summed E-state index contributed by atoms with van der Waals surface area (Å²) in [6.45, 7) is 0. The third-order valence-electron chi connectivity index (χ3n) is 0. The van der Waals surface area contributed by atoms with E-state index < -0.39 is 15.4 Å². The van der Waals surface area contributed by atoms with E-state index in [1.165, 1.54) is 0 Å². The van der Waals surface area contributed by atoms with Crippen molar-refractivity contribution in [1.29, 1.82) is 0 Å². The van der Waals surface area contributed by atoms with Crippen LogP contribution in [0.1, 0.15) is 0 Å². The van der Waals surface area contributed by atoms with E-state index >= 15 is 0 Å². The molecule has 6 heteroatoms. The van der Waals surface area contributed by atoms with Gasteiger partial charge in [-0.1, -0.05) is 0 Å². The molecule has 0 radical (unpaired) electrons. The first-order valence-corrected chi connectivity index (χ1v) is 1.15. The first-order chi connectivity index (χ1) is 2.83. The molecule has 0 aliphatic carbocycles. The fourth-order valence-electron chi connectivity index (χ4n) is 0. The van der Waals surface area contributed by atoms with Crippen LogP contribution in [0, 0.1) is 7.43 Å². The van der Waals surface area contributed by atoms with Gasteiger partial charge in [0.15, 0.2) is 0 Å². The average molecular weight is 99.6 g/mol. The predicted molar refractivity (Wildman–Crippen MR) is 17.5 cm³/mol. The van der Waals surface area contributed by atoms with Crippen molar-refractivity contribution in [3.8, 4) is 0 Å². The first kappa shape index (κ1) is 15.8. The Morgan fingerprint density at radius 2 is 0.714 bits per heavy atom. The number of hydrogen-bond acceptors (Lipinski definition) is 4. The van der Waals surface area contributed by atoms with Gasteiger partial charge in [-0.15, -0.1) is 15.4 Å². The minimum atomic E-state index is -1.25. The number of hydrogen-bond donors (Lipinski definition) is 0. The third kappa shape index (κ3) is 104000. The molecular formula is CH2B2O4. The van der Waals surface area contributed by atoms with Crippen LogP contribution in [0.3, 0.4) is 0 Å². The second kappa shape index (κ2) is 38.0. The van der Waals surface area contributed by atoms with Crippen LogP contribution in [0.2, 0.25) is 0 Å². The Morgan fingerprint density at radius 1 is 0.714 bits per heavy atom. The van der Waals surface area contributed by atoms with Crippen molar-refractivity contribution < 1.29 is 20.1 Å². The Morgan fingerprint density at radius 3 is 0.714 bits per heavy atom. The van der Waals surface area contributed by atoms with E-state index in [0.29, 0.717) is 0 Å². The Balaban J connectivity index is -0.0000000400. The van der Waals surface area contributed by atoms with Gasteiger partial charge in [-0.25, -0.2) is 0 Å². The van der Waals surface area contributed by atoms with Crippen LogP contribution in [0.5, 0.6) is 0 Å². The molecule has 4 nitrogen and oxygen atoms in total. The molecule has 0 aliphatic rings. The molecule has 36 valence electrons. The van der Waals surface area contributed by atoms with E-state index in [-0.39, 0.29) is 7.43 Å². The van der Waals surface area contributed by atoms with Crippen molar-refractivity contribution in [2.45, 2.75) is 0 Å². The topological polar surface area (TPSA) is 92.2 Å². The molecule has 0 heterocycles. The van der Waals surface area contributed by atoms with Gasteiger partial charge in [-0.3, -0.25) is 0 Å². The molecule has 0 unspecified atom stereocenters. The molecule has 0 saturated carbocycles. The zero-order valence-corrected chi connectivity index (χ0v) is 3.55. The largest absolute Gasteiger partial charge is 4.00 e. The number of rotatable bonds is 0. The van der Waals surface area contributed by atoms with Crippen LogP contribution in [0.4, 0.5) is 0 Å². The fourth-order valence-corrected chi connectivity index (χ4v) is 0. The van der Waals surface area contributed by atoms with E-state index in [2.05, 4.69) is 0 Å². The molecule has 0 aliphatic heterocycles. The van der Waals surface area contributed by atoms with Crippen LogP contribution >= 0.6 is 0 Å². The van der Waals surface area contributed by atoms with Crippen LogP contribution in [0.15, 0.2) is 0 Å². The summed E-state index contributed by atoms with van der Waals surface area (Å²) in [6.07, 6.45) is 0. The monoisotopic (exact) mass is 100 g/mol. The summed E-state index contributed by atoms with van der Waals surface area (Å²) in [5, 5.41) is 33.5. The van der Waals surface area contributed by atoms with Crippen molar-refractivity contribution in [3.05, 3.63) is 7.43 Å². The molecule has 7 heavy (non-hydrogen) atoms. The Bertz CT molecular complexity index is 11.7. The van der Waals surface area contributed by atoms with Crippen molar-refractivity contribution in [3.63, 3.8) is 0 Å². The molecule has 0 amide bonds. The van der Waals surface area contributed by atoms with Gasteiger partial charge in [0.1, 0.15) is 0 Å². The maximum atomic E-state index is 8.38. The van der Waals surface area contributed by atoms with Gasteiger partial charge >= 0.3 is 7.43 Å². The molecular weight excluding hydrogens is 97.6 g/mol. The third-order valence-corrected chi connectivity index (χ3v) is 0. The molecule has 0 aromatic carbocycles. The van der Waals surface area contributed by atoms with E-state index in [1.54, 1.807) is 0 Å². The van der Waals surface area contributed by atoms with Gasteiger partial charge in [0.25, 0.3) is 0 Å². The summed E-state index contributed by atoms with van der Waals surface area (Å²) < 4.78 is 0. The summed E-state index contributed by atoms with van der Waals surface area (Å²) in [5.74, 6) is 0. The summed E-state index contributed by atoms with van der Waals surface area (Å²) in [5.41, 5.74) is 0. The van der Waals surface area contributed by atoms with Gasteiger partial charge in [0, 0.05) is 0 Å². The van der Waals surface area contributed by atoms with Crippen molar-refractivity contribution >= 4 is 15.4 Å². The second-order valence-electron chi connectivity index (χ2n) is 0.236. The van der Waals surface area contributed by atoms with Crippen LogP contribution in [0.25, 0.3) is 0 Å². The minimum absolute atomic E-state index is 0. The van der Waals surface area contributed by atoms with Crippen LogP contribution in [-0.4, -0.2) is 15.4 Å². The van der Waals surface area contributed by atoms with Crippen molar-refractivity contribution in [2.75, 3.05) is 0 Å². The zero-order chi connectivity index (χ0) is 5.41. The van der Waals surface area contributed by atoms with E-state index in [4.69, 9.17) is 20.1 Å². The molecule has 0 N–H and O–H groups in total. The fraction of sp³-hybridized carbons (Fsp3) is 0. The minimum Gasteiger partial charge on any atom is -0.896 e. The maximum absolute atomic E-state index is 8.38. The first-order valence-electron chi connectivity index (χ1n) is 1.15. The average Bonchev–Trinajstić information content (AvgIpc) is 1.39. The van der Waals surface area contributed by atoms with Crippen LogP contribution in [-0.2, 0) is 0 Å². The molecule has 0 bridgehead atoms. The molecule has 0 aromatic heterocycles. The van der Waals surface area contributed by atoms with Gasteiger partial charge in [0.05, 0.1) is 0 Å².